The van der Waals surface area contributed by atoms with Crippen molar-refractivity contribution < 1.29 is 69.5 Å². The zero-order chi connectivity index (χ0) is 19.0. The number of unbranched alkanes of at least 4 members (excludes halogenated alkanes) is 13. The second kappa shape index (κ2) is 18.5. The van der Waals surface area contributed by atoms with Crippen molar-refractivity contribution in [3.8, 4) is 0 Å². The van der Waals surface area contributed by atoms with Crippen LogP contribution < -0.4 is 51.4 Å². The van der Waals surface area contributed by atoms with Crippen LogP contribution in [0.15, 0.2) is 0 Å². The summed E-state index contributed by atoms with van der Waals surface area (Å²) in [6.45, 7) is 4.24. The van der Waals surface area contributed by atoms with Crippen molar-refractivity contribution in [2.45, 2.75) is 128 Å². The molecule has 0 aliphatic rings. The summed E-state index contributed by atoms with van der Waals surface area (Å²) in [5.74, 6) is 0. The van der Waals surface area contributed by atoms with Crippen molar-refractivity contribution in [3.05, 3.63) is 0 Å². The van der Waals surface area contributed by atoms with Crippen LogP contribution in [-0.4, -0.2) is 23.0 Å². The van der Waals surface area contributed by atoms with E-state index in [9.17, 15) is 18.1 Å². The molecule has 0 fully saturated rings. The van der Waals surface area contributed by atoms with E-state index in [-0.39, 0.29) is 64.2 Å². The number of aliphatic hydroxyl groups is 1. The van der Waals surface area contributed by atoms with E-state index >= 15 is 0 Å². The molecule has 26 heavy (non-hydrogen) atoms. The Bertz CT molecular complexity index is 401. The van der Waals surface area contributed by atoms with Crippen molar-refractivity contribution >= 4 is 10.1 Å². The molecule has 0 rings (SSSR count). The van der Waals surface area contributed by atoms with Crippen molar-refractivity contribution in [2.24, 2.45) is 0 Å². The summed E-state index contributed by atoms with van der Waals surface area (Å²) in [7, 11) is -4.65. The first-order chi connectivity index (χ1) is 11.9. The van der Waals surface area contributed by atoms with Gasteiger partial charge in [0.25, 0.3) is 0 Å². The molecule has 0 heterocycles. The number of hydrogen-bond donors (Lipinski definition) is 1. The molecular weight excluding hydrogens is 375 g/mol. The standard InChI is InChI=1S/C20H42O4S.K/c1-3-5-7-8-9-10-11-12-13-14-15-17-19-20(21,25(22,23)24)18-16-6-4-2;/h21H,3-19H2,1-2H3,(H,22,23,24);/q;+1/p-1. The molecule has 0 aliphatic carbocycles. The monoisotopic (exact) mass is 416 g/mol. The van der Waals surface area contributed by atoms with Crippen LogP contribution in [0.4, 0.5) is 0 Å². The van der Waals surface area contributed by atoms with Gasteiger partial charge in [-0.25, -0.2) is 8.42 Å². The molecule has 0 aromatic rings. The van der Waals surface area contributed by atoms with Gasteiger partial charge in [-0.05, 0) is 25.7 Å². The van der Waals surface area contributed by atoms with Crippen LogP contribution in [-0.2, 0) is 10.1 Å². The van der Waals surface area contributed by atoms with Gasteiger partial charge in [0.2, 0.25) is 0 Å². The molecule has 1 unspecified atom stereocenters. The van der Waals surface area contributed by atoms with E-state index in [2.05, 4.69) is 6.92 Å². The summed E-state index contributed by atoms with van der Waals surface area (Å²) >= 11 is 0. The van der Waals surface area contributed by atoms with E-state index in [1.54, 1.807) is 0 Å². The zero-order valence-electron chi connectivity index (χ0n) is 17.6. The summed E-state index contributed by atoms with van der Waals surface area (Å²) in [4.78, 5) is -2.05. The average molecular weight is 417 g/mol. The molecular formula is C20H41KO4S. The van der Waals surface area contributed by atoms with Crippen molar-refractivity contribution in [2.75, 3.05) is 0 Å². The van der Waals surface area contributed by atoms with E-state index in [0.717, 1.165) is 32.1 Å². The minimum Gasteiger partial charge on any atom is -0.746 e. The van der Waals surface area contributed by atoms with Gasteiger partial charge < -0.3 is 9.66 Å². The van der Waals surface area contributed by atoms with Gasteiger partial charge in [0.05, 0.1) is 0 Å². The molecule has 0 radical (unpaired) electrons. The van der Waals surface area contributed by atoms with E-state index in [1.807, 2.05) is 6.92 Å². The maximum absolute atomic E-state index is 11.4. The minimum absolute atomic E-state index is 0. The van der Waals surface area contributed by atoms with Crippen molar-refractivity contribution in [1.82, 2.24) is 0 Å². The van der Waals surface area contributed by atoms with Crippen LogP contribution in [0.25, 0.3) is 0 Å². The Morgan fingerprint density at radius 1 is 0.654 bits per heavy atom. The second-order valence-electron chi connectivity index (χ2n) is 7.50. The summed E-state index contributed by atoms with van der Waals surface area (Å²) in [6, 6.07) is 0. The molecule has 0 saturated carbocycles. The third-order valence-corrected chi connectivity index (χ3v) is 6.40. The molecule has 0 amide bonds. The molecule has 0 bridgehead atoms. The summed E-state index contributed by atoms with van der Waals surface area (Å²) in [5, 5.41) is 10.2. The van der Waals surface area contributed by atoms with E-state index in [0.29, 0.717) is 12.8 Å². The van der Waals surface area contributed by atoms with Gasteiger partial charge in [-0.2, -0.15) is 0 Å². The summed E-state index contributed by atoms with van der Waals surface area (Å²) < 4.78 is 34.1. The summed E-state index contributed by atoms with van der Waals surface area (Å²) in [5.41, 5.74) is 0. The average Bonchev–Trinajstić information content (AvgIpc) is 2.55. The molecule has 0 saturated heterocycles. The molecule has 4 nitrogen and oxygen atoms in total. The minimum atomic E-state index is -4.65. The number of rotatable bonds is 18. The molecule has 6 heteroatoms. The fourth-order valence-corrected chi connectivity index (χ4v) is 4.06. The van der Waals surface area contributed by atoms with Crippen LogP contribution >= 0.6 is 0 Å². The van der Waals surface area contributed by atoms with Crippen molar-refractivity contribution in [3.63, 3.8) is 0 Å². The second-order valence-corrected chi connectivity index (χ2v) is 9.16. The molecule has 1 atom stereocenters. The van der Waals surface area contributed by atoms with Gasteiger partial charge in [0, 0.05) is 0 Å². The first kappa shape index (κ1) is 29.7. The van der Waals surface area contributed by atoms with Gasteiger partial charge in [-0.1, -0.05) is 97.3 Å². The smallest absolute Gasteiger partial charge is 0.746 e. The van der Waals surface area contributed by atoms with E-state index in [1.165, 1.54) is 51.4 Å². The Morgan fingerprint density at radius 3 is 1.27 bits per heavy atom. The van der Waals surface area contributed by atoms with Crippen LogP contribution in [0.1, 0.15) is 123 Å². The van der Waals surface area contributed by atoms with Gasteiger partial charge in [0.1, 0.15) is 10.1 Å². The Kier molecular flexibility index (Phi) is 21.2. The predicted octanol–water partition coefficient (Wildman–Crippen LogP) is 2.90. The van der Waals surface area contributed by atoms with Crippen molar-refractivity contribution in [1.29, 1.82) is 0 Å². The molecule has 152 valence electrons. The van der Waals surface area contributed by atoms with Gasteiger partial charge in [-0.15, -0.1) is 0 Å². The topological polar surface area (TPSA) is 77.4 Å². The molecule has 0 spiro atoms. The van der Waals surface area contributed by atoms with Crippen LogP contribution in [0.5, 0.6) is 0 Å². The van der Waals surface area contributed by atoms with Crippen LogP contribution in [0.2, 0.25) is 0 Å². The first-order valence-electron chi connectivity index (χ1n) is 10.5. The third-order valence-electron chi connectivity index (χ3n) is 5.06. The maximum atomic E-state index is 11.4. The molecule has 0 aromatic heterocycles. The largest absolute Gasteiger partial charge is 1.00 e. The van der Waals surface area contributed by atoms with Gasteiger partial charge in [0.15, 0.2) is 4.93 Å². The predicted molar refractivity (Wildman–Crippen MR) is 104 cm³/mol. The van der Waals surface area contributed by atoms with E-state index < -0.39 is 15.1 Å². The van der Waals surface area contributed by atoms with Gasteiger partial charge in [-0.3, -0.25) is 0 Å². The molecule has 0 aromatic carbocycles. The van der Waals surface area contributed by atoms with E-state index in [4.69, 9.17) is 0 Å². The Balaban J connectivity index is 0. The first-order valence-corrected chi connectivity index (χ1v) is 12.0. The van der Waals surface area contributed by atoms with Crippen LogP contribution in [0, 0.1) is 0 Å². The maximum Gasteiger partial charge on any atom is 1.00 e. The Hall–Kier alpha value is 1.51. The third kappa shape index (κ3) is 15.4. The zero-order valence-corrected chi connectivity index (χ0v) is 21.5. The normalized spacial score (nSPS) is 14.0. The molecule has 0 aliphatic heterocycles. The fraction of sp³-hybridized carbons (Fsp3) is 1.00. The SMILES string of the molecule is CCCCCCCCCCCCCCC(O)(CCCCC)S(=O)(=O)[O-].[K+]. The van der Waals surface area contributed by atoms with Gasteiger partial charge >= 0.3 is 51.4 Å². The Labute approximate surface area is 205 Å². The quantitative estimate of drug-likeness (QED) is 0.212. The molecule has 1 N–H and O–H groups in total. The number of hydrogen-bond acceptors (Lipinski definition) is 4. The van der Waals surface area contributed by atoms with Crippen LogP contribution in [0.3, 0.4) is 0 Å². The Morgan fingerprint density at radius 2 is 0.923 bits per heavy atom. The fourth-order valence-electron chi connectivity index (χ4n) is 3.27. The summed E-state index contributed by atoms with van der Waals surface area (Å²) in [6.07, 6.45) is 16.8.